The second kappa shape index (κ2) is 10.1. The molecule has 0 unspecified atom stereocenters. The lowest BCUT2D eigenvalue weighted by atomic mass is 10.1. The van der Waals surface area contributed by atoms with Gasteiger partial charge in [0, 0.05) is 12.5 Å². The molecular formula is C21H24O7. The van der Waals surface area contributed by atoms with E-state index in [1.165, 1.54) is 20.3 Å². The van der Waals surface area contributed by atoms with Crippen molar-refractivity contribution in [3.8, 4) is 28.7 Å². The second-order valence-electron chi connectivity index (χ2n) is 5.76. The molecule has 0 amide bonds. The highest BCUT2D eigenvalue weighted by molar-refractivity contribution is 5.87. The third kappa shape index (κ3) is 5.57. The highest BCUT2D eigenvalue weighted by Crippen LogP contribution is 2.37. The maximum absolute atomic E-state index is 11.9. The molecule has 2 aromatic rings. The van der Waals surface area contributed by atoms with Gasteiger partial charge in [0.1, 0.15) is 0 Å². The predicted molar refractivity (Wildman–Crippen MR) is 104 cm³/mol. The van der Waals surface area contributed by atoms with Crippen molar-refractivity contribution in [2.75, 3.05) is 27.4 Å². The molecule has 0 heterocycles. The first-order valence-electron chi connectivity index (χ1n) is 8.73. The Labute approximate surface area is 163 Å². The van der Waals surface area contributed by atoms with E-state index in [9.17, 15) is 15.0 Å². The second-order valence-corrected chi connectivity index (χ2v) is 5.76. The van der Waals surface area contributed by atoms with Crippen LogP contribution in [0, 0.1) is 0 Å². The number of phenols is 2. The number of carbonyl (C=O) groups is 1. The fourth-order valence-corrected chi connectivity index (χ4v) is 2.48. The largest absolute Gasteiger partial charge is 0.504 e. The summed E-state index contributed by atoms with van der Waals surface area (Å²) in [5.41, 5.74) is 1.49. The Balaban J connectivity index is 1.93. The van der Waals surface area contributed by atoms with Crippen LogP contribution >= 0.6 is 0 Å². The van der Waals surface area contributed by atoms with Gasteiger partial charge in [-0.1, -0.05) is 6.07 Å². The van der Waals surface area contributed by atoms with E-state index in [1.54, 1.807) is 36.4 Å². The Morgan fingerprint density at radius 1 is 1.04 bits per heavy atom. The summed E-state index contributed by atoms with van der Waals surface area (Å²) >= 11 is 0. The van der Waals surface area contributed by atoms with Crippen LogP contribution in [0.25, 0.3) is 6.08 Å². The van der Waals surface area contributed by atoms with Gasteiger partial charge >= 0.3 is 5.97 Å². The fraction of sp³-hybridized carbons (Fsp3) is 0.286. The molecule has 0 saturated carbocycles. The zero-order valence-electron chi connectivity index (χ0n) is 16.1. The van der Waals surface area contributed by atoms with Gasteiger partial charge in [-0.25, -0.2) is 4.79 Å². The molecule has 0 spiro atoms. The molecule has 7 nitrogen and oxygen atoms in total. The summed E-state index contributed by atoms with van der Waals surface area (Å²) in [5.74, 6) is 0.348. The number of phenolic OH excluding ortho intramolecular Hbond substituents is 2. The lowest BCUT2D eigenvalue weighted by Gasteiger charge is -2.09. The number of hydrogen-bond donors (Lipinski definition) is 2. The standard InChI is InChI=1S/C21H24O7/c1-4-27-17-11-14(5-7-16(17)22)9-10-28-20(23)8-6-15-12-18(25-2)21(24)19(13-15)26-3/h5-8,11-13,22,24H,4,9-10H2,1-3H3/b8-6+. The van der Waals surface area contributed by atoms with Gasteiger partial charge in [0.05, 0.1) is 27.4 Å². The van der Waals surface area contributed by atoms with Crippen LogP contribution in [0.3, 0.4) is 0 Å². The molecule has 0 aliphatic rings. The van der Waals surface area contributed by atoms with Crippen molar-refractivity contribution in [2.45, 2.75) is 13.3 Å². The summed E-state index contributed by atoms with van der Waals surface area (Å²) in [6.45, 7) is 2.46. The zero-order valence-corrected chi connectivity index (χ0v) is 16.1. The minimum absolute atomic E-state index is 0.0743. The number of aromatic hydroxyl groups is 2. The molecule has 7 heteroatoms. The SMILES string of the molecule is CCOc1cc(CCOC(=O)/C=C/c2cc(OC)c(O)c(OC)c2)ccc1O. The Morgan fingerprint density at radius 2 is 1.71 bits per heavy atom. The Bertz CT molecular complexity index is 818. The van der Waals surface area contributed by atoms with Gasteiger partial charge in [0.2, 0.25) is 5.75 Å². The van der Waals surface area contributed by atoms with Gasteiger partial charge in [0.25, 0.3) is 0 Å². The smallest absolute Gasteiger partial charge is 0.330 e. The topological polar surface area (TPSA) is 94.5 Å². The molecule has 0 bridgehead atoms. The first-order valence-corrected chi connectivity index (χ1v) is 8.73. The van der Waals surface area contributed by atoms with Crippen LogP contribution in [0.1, 0.15) is 18.1 Å². The quantitative estimate of drug-likeness (QED) is 0.503. The zero-order chi connectivity index (χ0) is 20.5. The van der Waals surface area contributed by atoms with E-state index >= 15 is 0 Å². The van der Waals surface area contributed by atoms with Crippen molar-refractivity contribution < 1.29 is 34.0 Å². The molecule has 0 fully saturated rings. The molecule has 2 N–H and O–H groups in total. The van der Waals surface area contributed by atoms with E-state index in [0.717, 1.165) is 5.56 Å². The molecule has 2 rings (SSSR count). The Hall–Kier alpha value is -3.35. The van der Waals surface area contributed by atoms with Gasteiger partial charge in [0.15, 0.2) is 23.0 Å². The summed E-state index contributed by atoms with van der Waals surface area (Å²) in [4.78, 5) is 11.9. The van der Waals surface area contributed by atoms with Crippen molar-refractivity contribution in [2.24, 2.45) is 0 Å². The van der Waals surface area contributed by atoms with E-state index < -0.39 is 5.97 Å². The average Bonchev–Trinajstić information content (AvgIpc) is 2.69. The molecule has 28 heavy (non-hydrogen) atoms. The first-order chi connectivity index (χ1) is 13.5. The van der Waals surface area contributed by atoms with Gasteiger partial charge in [-0.15, -0.1) is 0 Å². The minimum atomic E-state index is -0.505. The average molecular weight is 388 g/mol. The van der Waals surface area contributed by atoms with Gasteiger partial charge < -0.3 is 29.2 Å². The van der Waals surface area contributed by atoms with E-state index in [2.05, 4.69) is 0 Å². The molecule has 150 valence electrons. The van der Waals surface area contributed by atoms with E-state index in [0.29, 0.717) is 24.3 Å². The third-order valence-electron chi connectivity index (χ3n) is 3.87. The van der Waals surface area contributed by atoms with Crippen molar-refractivity contribution in [3.63, 3.8) is 0 Å². The molecule has 0 atom stereocenters. The highest BCUT2D eigenvalue weighted by atomic mass is 16.5. The maximum atomic E-state index is 11.9. The van der Waals surface area contributed by atoms with Crippen LogP contribution in [0.2, 0.25) is 0 Å². The van der Waals surface area contributed by atoms with Crippen LogP contribution in [-0.4, -0.2) is 43.6 Å². The van der Waals surface area contributed by atoms with E-state index in [1.807, 2.05) is 6.92 Å². The van der Waals surface area contributed by atoms with Crippen LogP contribution in [0.4, 0.5) is 0 Å². The van der Waals surface area contributed by atoms with Crippen LogP contribution in [0.5, 0.6) is 28.7 Å². The van der Waals surface area contributed by atoms with Crippen molar-refractivity contribution in [1.82, 2.24) is 0 Å². The number of esters is 1. The number of ether oxygens (including phenoxy) is 4. The summed E-state index contributed by atoms with van der Waals surface area (Å²) in [6, 6.07) is 8.17. The first kappa shape index (κ1) is 21.0. The van der Waals surface area contributed by atoms with E-state index in [4.69, 9.17) is 18.9 Å². The summed E-state index contributed by atoms with van der Waals surface area (Å²) in [7, 11) is 2.85. The Morgan fingerprint density at radius 3 is 2.32 bits per heavy atom. The monoisotopic (exact) mass is 388 g/mol. The maximum Gasteiger partial charge on any atom is 0.330 e. The number of hydrogen-bond acceptors (Lipinski definition) is 7. The molecule has 0 aromatic heterocycles. The number of rotatable bonds is 9. The summed E-state index contributed by atoms with van der Waals surface area (Å²) in [6.07, 6.45) is 3.31. The van der Waals surface area contributed by atoms with Crippen molar-refractivity contribution >= 4 is 12.0 Å². The molecule has 0 aliphatic carbocycles. The van der Waals surface area contributed by atoms with Crippen LogP contribution < -0.4 is 14.2 Å². The number of carbonyl (C=O) groups excluding carboxylic acids is 1. The van der Waals surface area contributed by atoms with Crippen LogP contribution in [-0.2, 0) is 16.0 Å². The molecule has 0 radical (unpaired) electrons. The van der Waals surface area contributed by atoms with Crippen molar-refractivity contribution in [3.05, 3.63) is 47.5 Å². The Kier molecular flexibility index (Phi) is 7.56. The number of methoxy groups -OCH3 is 2. The number of benzene rings is 2. The summed E-state index contributed by atoms with van der Waals surface area (Å²) in [5, 5.41) is 19.6. The fourth-order valence-electron chi connectivity index (χ4n) is 2.48. The van der Waals surface area contributed by atoms with Crippen LogP contribution in [0.15, 0.2) is 36.4 Å². The highest BCUT2D eigenvalue weighted by Gasteiger charge is 2.10. The molecule has 0 saturated heterocycles. The van der Waals surface area contributed by atoms with E-state index in [-0.39, 0.29) is 29.6 Å². The van der Waals surface area contributed by atoms with Gasteiger partial charge in [-0.2, -0.15) is 0 Å². The predicted octanol–water partition coefficient (Wildman–Crippen LogP) is 3.31. The third-order valence-corrected chi connectivity index (χ3v) is 3.87. The van der Waals surface area contributed by atoms with Crippen molar-refractivity contribution in [1.29, 1.82) is 0 Å². The lowest BCUT2D eigenvalue weighted by molar-refractivity contribution is -0.137. The normalized spacial score (nSPS) is 10.7. The molecular weight excluding hydrogens is 364 g/mol. The summed E-state index contributed by atoms with van der Waals surface area (Å²) < 4.78 is 20.7. The van der Waals surface area contributed by atoms with Gasteiger partial charge in [-0.3, -0.25) is 0 Å². The minimum Gasteiger partial charge on any atom is -0.504 e. The lowest BCUT2D eigenvalue weighted by Crippen LogP contribution is -2.05. The van der Waals surface area contributed by atoms with Gasteiger partial charge in [-0.05, 0) is 48.4 Å². The molecule has 0 aliphatic heterocycles. The molecule has 2 aromatic carbocycles.